The van der Waals surface area contributed by atoms with E-state index in [2.05, 4.69) is 13.8 Å². The van der Waals surface area contributed by atoms with Gasteiger partial charge in [-0.3, -0.25) is 9.69 Å². The highest BCUT2D eigenvalue weighted by Crippen LogP contribution is 2.31. The molecule has 0 aliphatic carbocycles. The van der Waals surface area contributed by atoms with Gasteiger partial charge in [0.05, 0.1) is 6.61 Å². The number of hydrogen-bond donors (Lipinski definition) is 0. The maximum atomic E-state index is 14.1. The summed E-state index contributed by atoms with van der Waals surface area (Å²) < 4.78 is 44.7. The minimum absolute atomic E-state index is 0.108. The van der Waals surface area contributed by atoms with E-state index in [1.165, 1.54) is 6.07 Å². The van der Waals surface area contributed by atoms with E-state index in [0.717, 1.165) is 17.7 Å². The summed E-state index contributed by atoms with van der Waals surface area (Å²) in [5.74, 6) is 0.631. The fourth-order valence-electron chi connectivity index (χ4n) is 4.18. The van der Waals surface area contributed by atoms with Crippen LogP contribution in [-0.4, -0.2) is 61.3 Å². The van der Waals surface area contributed by atoms with Crippen LogP contribution in [0.4, 0.5) is 8.78 Å². The molecule has 2 aliphatic heterocycles. The number of ether oxygens (including phenoxy) is 3. The smallest absolute Gasteiger partial charge is 0.253 e. The second kappa shape index (κ2) is 10.5. The lowest BCUT2D eigenvalue weighted by molar-refractivity contribution is -0.151. The second-order valence-electron chi connectivity index (χ2n) is 8.92. The van der Waals surface area contributed by atoms with Crippen molar-refractivity contribution in [2.75, 3.05) is 39.5 Å². The van der Waals surface area contributed by atoms with E-state index in [1.807, 2.05) is 23.1 Å². The first-order valence-corrected chi connectivity index (χ1v) is 11.3. The highest BCUT2D eigenvalue weighted by molar-refractivity contribution is 5.81. The van der Waals surface area contributed by atoms with Gasteiger partial charge in [-0.15, -0.1) is 0 Å². The van der Waals surface area contributed by atoms with Gasteiger partial charge in [0.15, 0.2) is 11.5 Å². The van der Waals surface area contributed by atoms with Gasteiger partial charge >= 0.3 is 0 Å². The molecule has 1 amide bonds. The Labute approximate surface area is 193 Å². The number of morpholine rings is 1. The highest BCUT2D eigenvalue weighted by Gasteiger charge is 2.31. The maximum Gasteiger partial charge on any atom is 0.253 e. The van der Waals surface area contributed by atoms with E-state index in [9.17, 15) is 13.6 Å². The number of carbonyl (C=O) groups excluding carboxylic acids is 1. The zero-order valence-electron chi connectivity index (χ0n) is 19.1. The van der Waals surface area contributed by atoms with E-state index in [4.69, 9.17) is 14.2 Å². The third-order valence-electron chi connectivity index (χ3n) is 5.70. The van der Waals surface area contributed by atoms with Crippen LogP contribution in [0.1, 0.15) is 25.0 Å². The highest BCUT2D eigenvalue weighted by atomic mass is 19.1. The molecule has 2 aromatic carbocycles. The summed E-state index contributed by atoms with van der Waals surface area (Å²) in [5.41, 5.74) is 1.22. The van der Waals surface area contributed by atoms with Gasteiger partial charge in [-0.05, 0) is 41.8 Å². The summed E-state index contributed by atoms with van der Waals surface area (Å²) in [6, 6.07) is 9.16. The van der Waals surface area contributed by atoms with Crippen molar-refractivity contribution in [1.29, 1.82) is 0 Å². The molecule has 0 spiro atoms. The molecular weight excluding hydrogens is 430 g/mol. The minimum atomic E-state index is -0.661. The monoisotopic (exact) mass is 460 g/mol. The van der Waals surface area contributed by atoms with Crippen LogP contribution in [-0.2, 0) is 22.6 Å². The van der Waals surface area contributed by atoms with Crippen molar-refractivity contribution in [3.8, 4) is 11.5 Å². The number of nitrogens with zero attached hydrogens (tertiary/aromatic N) is 2. The molecule has 0 saturated carbocycles. The summed E-state index contributed by atoms with van der Waals surface area (Å²) in [6.07, 6.45) is -0.661. The zero-order valence-corrected chi connectivity index (χ0v) is 19.1. The summed E-state index contributed by atoms with van der Waals surface area (Å²) in [6.45, 7) is 7.60. The Morgan fingerprint density at radius 1 is 1.09 bits per heavy atom. The van der Waals surface area contributed by atoms with Gasteiger partial charge in [0.2, 0.25) is 0 Å². The molecule has 0 aromatic heterocycles. The van der Waals surface area contributed by atoms with Crippen LogP contribution in [0.3, 0.4) is 0 Å². The molecule has 4 rings (SSSR count). The predicted octanol–water partition coefficient (Wildman–Crippen LogP) is 3.62. The summed E-state index contributed by atoms with van der Waals surface area (Å²) >= 11 is 0. The van der Waals surface area contributed by atoms with Gasteiger partial charge in [-0.1, -0.05) is 19.9 Å². The minimum Gasteiger partial charge on any atom is -0.486 e. The van der Waals surface area contributed by atoms with Crippen LogP contribution in [0.25, 0.3) is 0 Å². The van der Waals surface area contributed by atoms with Gasteiger partial charge in [0.25, 0.3) is 5.91 Å². The van der Waals surface area contributed by atoms with Crippen LogP contribution >= 0.6 is 0 Å². The number of rotatable bonds is 7. The lowest BCUT2D eigenvalue weighted by Crippen LogP contribution is -2.51. The number of halogens is 2. The van der Waals surface area contributed by atoms with E-state index in [0.29, 0.717) is 57.5 Å². The van der Waals surface area contributed by atoms with Crippen LogP contribution in [0.5, 0.6) is 11.5 Å². The lowest BCUT2D eigenvalue weighted by atomic mass is 10.1. The molecule has 1 unspecified atom stereocenters. The third kappa shape index (κ3) is 6.00. The van der Waals surface area contributed by atoms with Crippen molar-refractivity contribution in [2.24, 2.45) is 5.92 Å². The van der Waals surface area contributed by atoms with Crippen LogP contribution in [0, 0.1) is 17.6 Å². The molecule has 1 saturated heterocycles. The first kappa shape index (κ1) is 23.4. The summed E-state index contributed by atoms with van der Waals surface area (Å²) in [5, 5.41) is 0. The Balaban J connectivity index is 1.45. The third-order valence-corrected chi connectivity index (χ3v) is 5.70. The SMILES string of the molecule is CC(C)CN(Cc1ccc2c(c1)OCCO2)C(=O)C1CN(Cc2cc(F)ccc2F)CCO1. The lowest BCUT2D eigenvalue weighted by Gasteiger charge is -2.35. The molecule has 33 heavy (non-hydrogen) atoms. The van der Waals surface area contributed by atoms with Gasteiger partial charge in [0.1, 0.15) is 31.0 Å². The predicted molar refractivity (Wildman–Crippen MR) is 119 cm³/mol. The van der Waals surface area contributed by atoms with Crippen molar-refractivity contribution in [1.82, 2.24) is 9.80 Å². The summed E-state index contributed by atoms with van der Waals surface area (Å²) in [7, 11) is 0. The standard InChI is InChI=1S/C25H30F2N2O4/c1-17(2)13-29(14-18-3-6-22-23(11-18)33-10-9-32-22)25(30)24-16-28(7-8-31-24)15-19-12-20(26)4-5-21(19)27/h3-6,11-12,17,24H,7-10,13-16H2,1-2H3. The van der Waals surface area contributed by atoms with Crippen LogP contribution in [0.15, 0.2) is 36.4 Å². The van der Waals surface area contributed by atoms with Crippen molar-refractivity contribution in [2.45, 2.75) is 33.0 Å². The van der Waals surface area contributed by atoms with Crippen molar-refractivity contribution in [3.63, 3.8) is 0 Å². The number of benzene rings is 2. The van der Waals surface area contributed by atoms with Gasteiger partial charge in [-0.25, -0.2) is 8.78 Å². The number of fused-ring (bicyclic) bond motifs is 1. The average Bonchev–Trinajstić information content (AvgIpc) is 2.80. The fraction of sp³-hybridized carbons (Fsp3) is 0.480. The van der Waals surface area contributed by atoms with E-state index in [-0.39, 0.29) is 23.9 Å². The van der Waals surface area contributed by atoms with Crippen LogP contribution < -0.4 is 9.47 Å². The van der Waals surface area contributed by atoms with Crippen molar-refractivity contribution < 1.29 is 27.8 Å². The molecule has 1 atom stereocenters. The Kier molecular flexibility index (Phi) is 7.45. The Bertz CT molecular complexity index is 985. The summed E-state index contributed by atoms with van der Waals surface area (Å²) in [4.78, 5) is 17.2. The van der Waals surface area contributed by atoms with Crippen molar-refractivity contribution >= 4 is 5.91 Å². The first-order chi connectivity index (χ1) is 15.9. The number of carbonyl (C=O) groups is 1. The Morgan fingerprint density at radius 2 is 1.88 bits per heavy atom. The molecule has 2 aliphatic rings. The number of hydrogen-bond acceptors (Lipinski definition) is 5. The van der Waals surface area contributed by atoms with E-state index >= 15 is 0 Å². The molecule has 0 radical (unpaired) electrons. The molecule has 178 valence electrons. The fourth-order valence-corrected chi connectivity index (χ4v) is 4.18. The Hall–Kier alpha value is -2.71. The molecule has 2 heterocycles. The van der Waals surface area contributed by atoms with Crippen molar-refractivity contribution in [3.05, 3.63) is 59.2 Å². The number of amides is 1. The largest absolute Gasteiger partial charge is 0.486 e. The topological polar surface area (TPSA) is 51.2 Å². The van der Waals surface area contributed by atoms with Crippen LogP contribution in [0.2, 0.25) is 0 Å². The maximum absolute atomic E-state index is 14.1. The Morgan fingerprint density at radius 3 is 2.67 bits per heavy atom. The van der Waals surface area contributed by atoms with E-state index in [1.54, 1.807) is 4.90 Å². The van der Waals surface area contributed by atoms with Gasteiger partial charge in [0, 0.05) is 38.3 Å². The zero-order chi connectivity index (χ0) is 23.4. The quantitative estimate of drug-likeness (QED) is 0.632. The molecule has 6 nitrogen and oxygen atoms in total. The molecule has 1 fully saturated rings. The van der Waals surface area contributed by atoms with Gasteiger partial charge in [-0.2, -0.15) is 0 Å². The molecule has 8 heteroatoms. The average molecular weight is 461 g/mol. The normalized spacial score (nSPS) is 18.4. The van der Waals surface area contributed by atoms with Gasteiger partial charge < -0.3 is 19.1 Å². The molecule has 0 N–H and O–H groups in total. The molecule has 0 bridgehead atoms. The molecular formula is C25H30F2N2O4. The first-order valence-electron chi connectivity index (χ1n) is 11.3. The van der Waals surface area contributed by atoms with E-state index < -0.39 is 17.7 Å². The second-order valence-corrected chi connectivity index (χ2v) is 8.92. The molecule has 2 aromatic rings.